The number of benzene rings is 1. The molecule has 1 aromatic rings. The summed E-state index contributed by atoms with van der Waals surface area (Å²) >= 11 is 0. The Kier molecular flexibility index (Phi) is 23.4. The van der Waals surface area contributed by atoms with E-state index in [0.29, 0.717) is 45.3 Å². The predicted molar refractivity (Wildman–Crippen MR) is 235 cm³/mol. The number of ether oxygens (including phenoxy) is 3. The minimum atomic E-state index is -1.16. The summed E-state index contributed by atoms with van der Waals surface area (Å²) < 4.78 is 17.2. The maximum absolute atomic E-state index is 13.7. The van der Waals surface area contributed by atoms with E-state index < -0.39 is 39.1 Å². The molecule has 3 atom stereocenters. The van der Waals surface area contributed by atoms with Crippen LogP contribution in [-0.2, 0) is 33.4 Å². The number of hydrogen-bond donors (Lipinski definition) is 4. The summed E-state index contributed by atoms with van der Waals surface area (Å²) in [6, 6.07) is 4.75. The van der Waals surface area contributed by atoms with E-state index in [1.54, 1.807) is 0 Å². The number of nitrogens with zero attached hydrogens (tertiary/aromatic N) is 1. The second kappa shape index (κ2) is 26.4. The highest BCUT2D eigenvalue weighted by molar-refractivity contribution is 5.81. The molecule has 3 unspecified atom stereocenters. The highest BCUT2D eigenvalue weighted by atomic mass is 16.6. The zero-order valence-corrected chi connectivity index (χ0v) is 38.0. The molecule has 0 radical (unpaired) electrons. The highest BCUT2D eigenvalue weighted by Crippen LogP contribution is 2.28. The fourth-order valence-electron chi connectivity index (χ4n) is 6.25. The second-order valence-corrected chi connectivity index (χ2v) is 17.7. The number of amides is 4. The fraction of sp³-hybridized carbons (Fsp3) is 0.674. The van der Waals surface area contributed by atoms with Gasteiger partial charge >= 0.3 is 5.97 Å². The van der Waals surface area contributed by atoms with E-state index in [2.05, 4.69) is 33.1 Å². The molecule has 4 amide bonds. The first-order valence-electron chi connectivity index (χ1n) is 21.3. The van der Waals surface area contributed by atoms with E-state index in [0.717, 1.165) is 0 Å². The van der Waals surface area contributed by atoms with Crippen LogP contribution in [0.5, 0.6) is 5.75 Å². The molecule has 0 bridgehead atoms. The third-order valence-electron chi connectivity index (χ3n) is 10.2. The number of non-ortho nitro benzene ring substituents is 1. The number of rotatable bonds is 30. The highest BCUT2D eigenvalue weighted by Gasteiger charge is 2.35. The van der Waals surface area contributed by atoms with Crippen LogP contribution in [-0.4, -0.2) is 82.1 Å². The second-order valence-electron chi connectivity index (χ2n) is 17.7. The minimum Gasteiger partial charge on any atom is -0.427 e. The number of carbonyl (C=O) groups excluding carboxylic acids is 5. The van der Waals surface area contributed by atoms with Crippen LogP contribution in [0.15, 0.2) is 24.3 Å². The van der Waals surface area contributed by atoms with Gasteiger partial charge in [0, 0.05) is 93.5 Å². The molecule has 0 aliphatic heterocycles. The number of hydrogen-bond acceptors (Lipinski definition) is 10. The molecule has 1 aromatic carbocycles. The lowest BCUT2D eigenvalue weighted by molar-refractivity contribution is -0.384. The summed E-state index contributed by atoms with van der Waals surface area (Å²) in [5.74, 6) is 3.50. The normalized spacial score (nSPS) is 13.6. The standard InChI is InChI=1S/C46H71N5O10/c1-12-26-44(8,9)59-32-25-35(5)48-39(53)23-29-46(28-22-38(52)47-34(4)14-3,30-24-41(55)49-43(6,7)31-33-60-45(10,11)27-13-2)50-40(54)16-15-17-42(56)61-37-20-18-36(19-21-37)51(57)58/h1-2,18-21,34-35H,14-17,22-33H2,3-11H3,(H,47,52)(H,48,53)(H,49,55)(H,50,54). The number of terminal acetylenes is 2. The summed E-state index contributed by atoms with van der Waals surface area (Å²) in [5, 5.41) is 23.0. The Balaban J connectivity index is 3.23. The van der Waals surface area contributed by atoms with Crippen LogP contribution in [0.1, 0.15) is 152 Å². The van der Waals surface area contributed by atoms with E-state index in [1.165, 1.54) is 24.3 Å². The molecular formula is C46H71N5O10. The molecule has 0 fully saturated rings. The molecule has 0 aromatic heterocycles. The topological polar surface area (TPSA) is 204 Å². The quantitative estimate of drug-likeness (QED) is 0.0215. The van der Waals surface area contributed by atoms with Gasteiger partial charge in [0.05, 0.1) is 16.1 Å². The molecule has 0 spiro atoms. The Morgan fingerprint density at radius 2 is 1.20 bits per heavy atom. The van der Waals surface area contributed by atoms with Gasteiger partial charge in [-0.2, -0.15) is 0 Å². The zero-order chi connectivity index (χ0) is 46.3. The number of nitro groups is 1. The van der Waals surface area contributed by atoms with Crippen LogP contribution in [0.3, 0.4) is 0 Å². The largest absolute Gasteiger partial charge is 0.427 e. The van der Waals surface area contributed by atoms with Gasteiger partial charge in [0.15, 0.2) is 0 Å². The van der Waals surface area contributed by atoms with Crippen molar-refractivity contribution in [3.8, 4) is 30.4 Å². The SMILES string of the molecule is C#CCC(C)(C)OCCC(C)NC(=O)CCC(CCC(=O)NC(C)CC)(CCC(=O)NC(C)(C)CCOC(C)(C)CC#C)NC(=O)CCCC(=O)Oc1ccc([N+](=O)[O-])cc1. The van der Waals surface area contributed by atoms with Crippen LogP contribution in [0, 0.1) is 34.8 Å². The molecule has 15 heteroatoms. The molecule has 0 aliphatic rings. The zero-order valence-electron chi connectivity index (χ0n) is 38.0. The smallest absolute Gasteiger partial charge is 0.311 e. The lowest BCUT2D eigenvalue weighted by Gasteiger charge is -2.36. The number of nitrogens with one attached hydrogen (secondary N) is 4. The lowest BCUT2D eigenvalue weighted by atomic mass is 9.82. The van der Waals surface area contributed by atoms with Crippen molar-refractivity contribution in [2.75, 3.05) is 13.2 Å². The van der Waals surface area contributed by atoms with Gasteiger partial charge in [-0.25, -0.2) is 0 Å². The van der Waals surface area contributed by atoms with Gasteiger partial charge in [-0.3, -0.25) is 34.1 Å². The molecule has 0 saturated heterocycles. The molecule has 0 heterocycles. The Bertz CT molecular complexity index is 1680. The minimum absolute atomic E-state index is 0.0134. The monoisotopic (exact) mass is 854 g/mol. The maximum Gasteiger partial charge on any atom is 0.311 e. The van der Waals surface area contributed by atoms with Crippen molar-refractivity contribution in [2.24, 2.45) is 0 Å². The van der Waals surface area contributed by atoms with Crippen molar-refractivity contribution in [2.45, 2.75) is 187 Å². The van der Waals surface area contributed by atoms with Crippen LogP contribution in [0.25, 0.3) is 0 Å². The summed E-state index contributed by atoms with van der Waals surface area (Å²) in [4.78, 5) is 76.7. The van der Waals surface area contributed by atoms with Gasteiger partial charge in [0.1, 0.15) is 5.75 Å². The molecule has 15 nitrogen and oxygen atoms in total. The first-order valence-corrected chi connectivity index (χ1v) is 21.3. The van der Waals surface area contributed by atoms with E-state index in [-0.39, 0.29) is 99.0 Å². The first-order chi connectivity index (χ1) is 28.4. The number of carbonyl (C=O) groups is 5. The number of esters is 1. The summed E-state index contributed by atoms with van der Waals surface area (Å²) in [6.45, 7) is 17.8. The van der Waals surface area contributed by atoms with Crippen LogP contribution < -0.4 is 26.0 Å². The maximum atomic E-state index is 13.7. The van der Waals surface area contributed by atoms with E-state index in [9.17, 15) is 34.1 Å². The predicted octanol–water partition coefficient (Wildman–Crippen LogP) is 6.60. The van der Waals surface area contributed by atoms with E-state index >= 15 is 0 Å². The van der Waals surface area contributed by atoms with E-state index in [1.807, 2.05) is 62.3 Å². The van der Waals surface area contributed by atoms with Crippen LogP contribution in [0.4, 0.5) is 5.69 Å². The molecular weight excluding hydrogens is 783 g/mol. The van der Waals surface area contributed by atoms with Gasteiger partial charge in [0.2, 0.25) is 23.6 Å². The summed E-state index contributed by atoms with van der Waals surface area (Å²) in [7, 11) is 0. The van der Waals surface area contributed by atoms with Gasteiger partial charge in [-0.05, 0) is 112 Å². The van der Waals surface area contributed by atoms with Crippen molar-refractivity contribution in [3.63, 3.8) is 0 Å². The molecule has 0 aliphatic carbocycles. The molecule has 61 heavy (non-hydrogen) atoms. The summed E-state index contributed by atoms with van der Waals surface area (Å²) in [6.07, 6.45) is 13.8. The van der Waals surface area contributed by atoms with Gasteiger partial charge in [-0.1, -0.05) is 6.92 Å². The third kappa shape index (κ3) is 24.1. The lowest BCUT2D eigenvalue weighted by Crippen LogP contribution is -2.51. The average molecular weight is 854 g/mol. The fourth-order valence-corrected chi connectivity index (χ4v) is 6.25. The summed E-state index contributed by atoms with van der Waals surface area (Å²) in [5.41, 5.74) is -2.97. The average Bonchev–Trinajstić information content (AvgIpc) is 3.15. The van der Waals surface area contributed by atoms with Crippen LogP contribution in [0.2, 0.25) is 0 Å². The van der Waals surface area contributed by atoms with Crippen molar-refractivity contribution >= 4 is 35.3 Å². The molecule has 340 valence electrons. The van der Waals surface area contributed by atoms with Crippen molar-refractivity contribution in [1.82, 2.24) is 21.3 Å². The molecule has 0 saturated carbocycles. The Labute approximate surface area is 363 Å². The van der Waals surface area contributed by atoms with Crippen molar-refractivity contribution < 1.29 is 43.1 Å². The Hall–Kier alpha value is -4.99. The third-order valence-corrected chi connectivity index (χ3v) is 10.2. The Morgan fingerprint density at radius 3 is 1.70 bits per heavy atom. The molecule has 4 N–H and O–H groups in total. The van der Waals surface area contributed by atoms with Gasteiger partial charge in [-0.15, -0.1) is 24.7 Å². The van der Waals surface area contributed by atoms with E-state index in [4.69, 9.17) is 27.1 Å². The van der Waals surface area contributed by atoms with Crippen molar-refractivity contribution in [1.29, 1.82) is 0 Å². The number of nitro benzene ring substituents is 1. The van der Waals surface area contributed by atoms with Gasteiger partial charge < -0.3 is 35.5 Å². The first kappa shape index (κ1) is 54.0. The van der Waals surface area contributed by atoms with Crippen LogP contribution >= 0.6 is 0 Å². The molecule has 1 rings (SSSR count). The van der Waals surface area contributed by atoms with Gasteiger partial charge in [0.25, 0.3) is 5.69 Å². The Morgan fingerprint density at radius 1 is 0.705 bits per heavy atom. The van der Waals surface area contributed by atoms with Crippen molar-refractivity contribution in [3.05, 3.63) is 34.4 Å².